The number of halogens is 3. The summed E-state index contributed by atoms with van der Waals surface area (Å²) in [5, 5.41) is 3.42. The van der Waals surface area contributed by atoms with Crippen LogP contribution < -0.4 is 10.2 Å². The molecule has 0 radical (unpaired) electrons. The molecule has 1 saturated carbocycles. The van der Waals surface area contributed by atoms with Gasteiger partial charge in [0.05, 0.1) is 24.2 Å². The molecule has 1 aliphatic carbocycles. The second-order valence-corrected chi connectivity index (χ2v) is 10.9. The zero-order chi connectivity index (χ0) is 28.1. The van der Waals surface area contributed by atoms with E-state index in [0.717, 1.165) is 38.6 Å². The highest BCUT2D eigenvalue weighted by atomic mass is 19.3. The van der Waals surface area contributed by atoms with Crippen molar-refractivity contribution in [1.82, 2.24) is 24.4 Å². The second-order valence-electron chi connectivity index (χ2n) is 10.9. The predicted octanol–water partition coefficient (Wildman–Crippen LogP) is 5.63. The number of imidazole rings is 1. The van der Waals surface area contributed by atoms with Crippen LogP contribution in [0.4, 0.5) is 24.9 Å². The summed E-state index contributed by atoms with van der Waals surface area (Å²) in [5.41, 5.74) is 1.07. The Hall–Kier alpha value is -2.92. The lowest BCUT2D eigenvalue weighted by Crippen LogP contribution is -2.42. The number of morpholine rings is 1. The summed E-state index contributed by atoms with van der Waals surface area (Å²) < 4.78 is 48.9. The molecular formula is C29H40F3N7O. The minimum absolute atomic E-state index is 0.337. The summed E-state index contributed by atoms with van der Waals surface area (Å²) in [6.07, 6.45) is 1.59. The number of anilines is 2. The van der Waals surface area contributed by atoms with Crippen molar-refractivity contribution in [2.45, 2.75) is 64.6 Å². The van der Waals surface area contributed by atoms with Crippen LogP contribution in [0.25, 0.3) is 16.9 Å². The molecule has 0 bridgehead atoms. The number of fused-ring (bicyclic) bond motifs is 1. The van der Waals surface area contributed by atoms with Crippen LogP contribution in [0, 0.1) is 5.92 Å². The quantitative estimate of drug-likeness (QED) is 0.327. The molecule has 8 nitrogen and oxygen atoms in total. The minimum atomic E-state index is -2.76. The van der Waals surface area contributed by atoms with Gasteiger partial charge in [0.1, 0.15) is 17.8 Å². The van der Waals surface area contributed by atoms with E-state index in [2.05, 4.69) is 27.0 Å². The van der Waals surface area contributed by atoms with Crippen LogP contribution in [0.2, 0.25) is 0 Å². The van der Waals surface area contributed by atoms with Gasteiger partial charge in [0.15, 0.2) is 5.82 Å². The fourth-order valence-corrected chi connectivity index (χ4v) is 5.98. The van der Waals surface area contributed by atoms with Crippen LogP contribution in [0.1, 0.15) is 58.2 Å². The standard InChI is InChI=1S/C29H40F3N7O/c1-3-12-38(19-20(2)30)22-10-8-21(9-11-22)18-33-29-35-25(37-13-15-40-16-14-37)17-26(36-29)39-24-7-5-4-6-23(24)34-28(39)27(31)32/h4-7,17,20-22,27H,3,8-16,18-19H2,1-2H3,(H,33,35,36). The first-order valence-electron chi connectivity index (χ1n) is 14.5. The number of hydrogen-bond donors (Lipinski definition) is 1. The van der Waals surface area contributed by atoms with Crippen molar-refractivity contribution in [2.75, 3.05) is 56.2 Å². The largest absolute Gasteiger partial charge is 0.378 e. The highest BCUT2D eigenvalue weighted by Gasteiger charge is 2.27. The molecule has 11 heteroatoms. The van der Waals surface area contributed by atoms with Crippen molar-refractivity contribution in [2.24, 2.45) is 5.92 Å². The van der Waals surface area contributed by atoms with Gasteiger partial charge in [0.2, 0.25) is 5.95 Å². The summed E-state index contributed by atoms with van der Waals surface area (Å²) in [6.45, 7) is 8.38. The van der Waals surface area contributed by atoms with Crippen molar-refractivity contribution in [1.29, 1.82) is 0 Å². The molecule has 0 spiro atoms. The topological polar surface area (TPSA) is 71.3 Å². The SMILES string of the molecule is CCCN(CC(C)F)C1CCC(CNc2nc(N3CCOCC3)cc(-n3c(C(F)F)nc4ccccc43)n2)CC1. The number of nitrogens with one attached hydrogen (secondary N) is 1. The normalized spacial score (nSPS) is 20.9. The van der Waals surface area contributed by atoms with Gasteiger partial charge < -0.3 is 15.0 Å². The summed E-state index contributed by atoms with van der Waals surface area (Å²) in [4.78, 5) is 18.1. The molecule has 1 aliphatic heterocycles. The highest BCUT2D eigenvalue weighted by molar-refractivity contribution is 5.78. The molecule has 3 aromatic rings. The van der Waals surface area contributed by atoms with Gasteiger partial charge in [-0.25, -0.2) is 18.2 Å². The van der Waals surface area contributed by atoms with Gasteiger partial charge in [-0.15, -0.1) is 0 Å². The van der Waals surface area contributed by atoms with Gasteiger partial charge in [-0.3, -0.25) is 9.47 Å². The van der Waals surface area contributed by atoms with E-state index in [1.165, 1.54) is 4.57 Å². The molecule has 1 N–H and O–H groups in total. The number of benzene rings is 1. The molecule has 0 amide bonds. The Bertz CT molecular complexity index is 1240. The van der Waals surface area contributed by atoms with Crippen molar-refractivity contribution < 1.29 is 17.9 Å². The Kier molecular flexibility index (Phi) is 9.41. The Balaban J connectivity index is 1.36. The van der Waals surface area contributed by atoms with Crippen molar-refractivity contribution in [3.05, 3.63) is 36.2 Å². The predicted molar refractivity (Wildman–Crippen MR) is 151 cm³/mol. The van der Waals surface area contributed by atoms with Crippen molar-refractivity contribution >= 4 is 22.8 Å². The fraction of sp³-hybridized carbons (Fsp3) is 0.621. The first kappa shape index (κ1) is 28.6. The monoisotopic (exact) mass is 559 g/mol. The molecule has 1 atom stereocenters. The molecule has 1 saturated heterocycles. The Labute approximate surface area is 233 Å². The lowest BCUT2D eigenvalue weighted by Gasteiger charge is -2.37. The van der Waals surface area contributed by atoms with Gasteiger partial charge in [0.25, 0.3) is 6.43 Å². The Morgan fingerprint density at radius 3 is 2.45 bits per heavy atom. The smallest absolute Gasteiger partial charge is 0.296 e. The first-order valence-corrected chi connectivity index (χ1v) is 14.5. The average Bonchev–Trinajstić information content (AvgIpc) is 3.37. The van der Waals surface area contributed by atoms with E-state index in [1.807, 2.05) is 6.07 Å². The zero-order valence-electron chi connectivity index (χ0n) is 23.4. The van der Waals surface area contributed by atoms with E-state index >= 15 is 0 Å². The molecule has 40 heavy (non-hydrogen) atoms. The molecule has 2 aliphatic rings. The van der Waals surface area contributed by atoms with Crippen LogP contribution >= 0.6 is 0 Å². The third-order valence-corrected chi connectivity index (χ3v) is 7.92. The van der Waals surface area contributed by atoms with E-state index in [9.17, 15) is 13.2 Å². The van der Waals surface area contributed by atoms with Gasteiger partial charge in [-0.05, 0) is 63.6 Å². The minimum Gasteiger partial charge on any atom is -0.378 e. The summed E-state index contributed by atoms with van der Waals surface area (Å²) in [5.74, 6) is 1.55. The van der Waals surface area contributed by atoms with Gasteiger partial charge in [-0.1, -0.05) is 19.1 Å². The van der Waals surface area contributed by atoms with Gasteiger partial charge >= 0.3 is 0 Å². The highest BCUT2D eigenvalue weighted by Crippen LogP contribution is 2.31. The maximum absolute atomic E-state index is 14.1. The lowest BCUT2D eigenvalue weighted by molar-refractivity contribution is 0.110. The maximum atomic E-state index is 14.1. The van der Waals surface area contributed by atoms with E-state index in [1.54, 1.807) is 31.2 Å². The van der Waals surface area contributed by atoms with Crippen LogP contribution in [-0.2, 0) is 4.74 Å². The summed E-state index contributed by atoms with van der Waals surface area (Å²) in [6, 6.07) is 9.29. The molecule has 2 fully saturated rings. The number of nitrogens with zero attached hydrogens (tertiary/aromatic N) is 6. The summed E-state index contributed by atoms with van der Waals surface area (Å²) >= 11 is 0. The number of aromatic nitrogens is 4. The molecular weight excluding hydrogens is 519 g/mol. The van der Waals surface area contributed by atoms with Gasteiger partial charge in [0, 0.05) is 38.3 Å². The first-order chi connectivity index (χ1) is 19.4. The zero-order valence-corrected chi connectivity index (χ0v) is 23.4. The van der Waals surface area contributed by atoms with E-state index in [4.69, 9.17) is 14.7 Å². The summed E-state index contributed by atoms with van der Waals surface area (Å²) in [7, 11) is 0. The Morgan fingerprint density at radius 2 is 1.75 bits per heavy atom. The number of alkyl halides is 3. The number of ether oxygens (including phenoxy) is 1. The van der Waals surface area contributed by atoms with E-state index in [-0.39, 0.29) is 5.82 Å². The molecule has 1 unspecified atom stereocenters. The molecule has 2 aromatic heterocycles. The van der Waals surface area contributed by atoms with Crippen molar-refractivity contribution in [3.63, 3.8) is 0 Å². The van der Waals surface area contributed by atoms with Crippen LogP contribution in [0.5, 0.6) is 0 Å². The fourth-order valence-electron chi connectivity index (χ4n) is 5.98. The third kappa shape index (κ3) is 6.68. The number of para-hydroxylation sites is 2. The van der Waals surface area contributed by atoms with E-state index in [0.29, 0.717) is 80.0 Å². The molecule has 218 valence electrons. The molecule has 5 rings (SSSR count). The average molecular weight is 560 g/mol. The number of hydrogen-bond acceptors (Lipinski definition) is 7. The van der Waals surface area contributed by atoms with Crippen LogP contribution in [0.15, 0.2) is 30.3 Å². The van der Waals surface area contributed by atoms with Gasteiger partial charge in [-0.2, -0.15) is 9.97 Å². The number of rotatable bonds is 11. The molecule has 1 aromatic carbocycles. The second kappa shape index (κ2) is 13.2. The van der Waals surface area contributed by atoms with E-state index < -0.39 is 12.6 Å². The van der Waals surface area contributed by atoms with Crippen LogP contribution in [-0.4, -0.2) is 82.6 Å². The van der Waals surface area contributed by atoms with Crippen molar-refractivity contribution in [3.8, 4) is 5.82 Å². The molecule has 3 heterocycles. The Morgan fingerprint density at radius 1 is 1.02 bits per heavy atom. The maximum Gasteiger partial charge on any atom is 0.296 e. The van der Waals surface area contributed by atoms with Crippen LogP contribution in [0.3, 0.4) is 0 Å². The third-order valence-electron chi connectivity index (χ3n) is 7.92. The lowest BCUT2D eigenvalue weighted by atomic mass is 9.85.